The van der Waals surface area contributed by atoms with Gasteiger partial charge in [-0.2, -0.15) is 5.26 Å². The Morgan fingerprint density at radius 2 is 1.79 bits per heavy atom. The number of benzene rings is 2. The zero-order valence-electron chi connectivity index (χ0n) is 9.65. The number of hydrogen-bond acceptors (Lipinski definition) is 2. The predicted octanol–water partition coefficient (Wildman–Crippen LogP) is 3.09. The molecular formula is C14H8F2N2O. The van der Waals surface area contributed by atoms with Gasteiger partial charge < -0.3 is 5.32 Å². The molecule has 1 amide bonds. The molecule has 5 heteroatoms. The SMILES string of the molecule is N#Cc1cccc(C(=O)Nc2cc(F)cc(F)c2)c1. The summed E-state index contributed by atoms with van der Waals surface area (Å²) in [6, 6.07) is 10.6. The fourth-order valence-corrected chi connectivity index (χ4v) is 1.56. The van der Waals surface area contributed by atoms with Crippen LogP contribution in [0.4, 0.5) is 14.5 Å². The van der Waals surface area contributed by atoms with Gasteiger partial charge in [0.25, 0.3) is 5.91 Å². The summed E-state index contributed by atoms with van der Waals surface area (Å²) in [4.78, 5) is 11.8. The molecule has 0 fully saturated rings. The van der Waals surface area contributed by atoms with Gasteiger partial charge in [0.05, 0.1) is 11.6 Å². The van der Waals surface area contributed by atoms with E-state index in [0.29, 0.717) is 11.6 Å². The van der Waals surface area contributed by atoms with Crippen LogP contribution in [0.3, 0.4) is 0 Å². The van der Waals surface area contributed by atoms with Crippen molar-refractivity contribution in [3.8, 4) is 6.07 Å². The van der Waals surface area contributed by atoms with Crippen molar-refractivity contribution < 1.29 is 13.6 Å². The molecule has 0 unspecified atom stereocenters. The van der Waals surface area contributed by atoms with E-state index in [9.17, 15) is 13.6 Å². The third-order valence-electron chi connectivity index (χ3n) is 2.37. The average Bonchev–Trinajstić information content (AvgIpc) is 2.37. The molecule has 0 aliphatic rings. The maximum absolute atomic E-state index is 13.0. The van der Waals surface area contributed by atoms with E-state index in [2.05, 4.69) is 5.32 Å². The largest absolute Gasteiger partial charge is 0.322 e. The summed E-state index contributed by atoms with van der Waals surface area (Å²) in [6.45, 7) is 0. The molecule has 2 aromatic rings. The summed E-state index contributed by atoms with van der Waals surface area (Å²) in [7, 11) is 0. The molecule has 0 saturated carbocycles. The Kier molecular flexibility index (Phi) is 3.53. The number of hydrogen-bond donors (Lipinski definition) is 1. The molecule has 2 rings (SSSR count). The Morgan fingerprint density at radius 3 is 2.42 bits per heavy atom. The first-order chi connectivity index (χ1) is 9.08. The highest BCUT2D eigenvalue weighted by atomic mass is 19.1. The molecule has 0 saturated heterocycles. The van der Waals surface area contributed by atoms with Gasteiger partial charge in [0.2, 0.25) is 0 Å². The minimum Gasteiger partial charge on any atom is -0.322 e. The molecular weight excluding hydrogens is 250 g/mol. The van der Waals surface area contributed by atoms with Gasteiger partial charge >= 0.3 is 0 Å². The Hall–Kier alpha value is -2.74. The van der Waals surface area contributed by atoms with Crippen LogP contribution in [-0.4, -0.2) is 5.91 Å². The van der Waals surface area contributed by atoms with Crippen molar-refractivity contribution in [1.29, 1.82) is 5.26 Å². The van der Waals surface area contributed by atoms with Crippen molar-refractivity contribution in [2.45, 2.75) is 0 Å². The van der Waals surface area contributed by atoms with Crippen LogP contribution in [-0.2, 0) is 0 Å². The zero-order valence-corrected chi connectivity index (χ0v) is 9.65. The molecule has 0 aliphatic heterocycles. The Bertz CT molecular complexity index is 657. The molecule has 19 heavy (non-hydrogen) atoms. The topological polar surface area (TPSA) is 52.9 Å². The number of nitrogens with one attached hydrogen (secondary N) is 1. The minimum absolute atomic E-state index is 0.0184. The molecule has 0 atom stereocenters. The molecule has 1 N–H and O–H groups in total. The first-order valence-corrected chi connectivity index (χ1v) is 5.36. The van der Waals surface area contributed by atoms with E-state index in [1.165, 1.54) is 12.1 Å². The number of rotatable bonds is 2. The minimum atomic E-state index is -0.777. The molecule has 0 aliphatic carbocycles. The molecule has 0 radical (unpaired) electrons. The van der Waals surface area contributed by atoms with Gasteiger partial charge in [-0.3, -0.25) is 4.79 Å². The van der Waals surface area contributed by atoms with Crippen LogP contribution in [0.15, 0.2) is 42.5 Å². The van der Waals surface area contributed by atoms with E-state index >= 15 is 0 Å². The number of carbonyl (C=O) groups excluding carboxylic acids is 1. The molecule has 3 nitrogen and oxygen atoms in total. The Labute approximate surface area is 108 Å². The van der Waals surface area contributed by atoms with Crippen LogP contribution in [0.5, 0.6) is 0 Å². The van der Waals surface area contributed by atoms with Gasteiger partial charge in [0.1, 0.15) is 11.6 Å². The molecule has 94 valence electrons. The average molecular weight is 258 g/mol. The summed E-state index contributed by atoms with van der Waals surface area (Å²) in [6.07, 6.45) is 0. The van der Waals surface area contributed by atoms with Crippen molar-refractivity contribution in [2.75, 3.05) is 5.32 Å². The lowest BCUT2D eigenvalue weighted by Crippen LogP contribution is -2.12. The van der Waals surface area contributed by atoms with Crippen LogP contribution in [0.25, 0.3) is 0 Å². The summed E-state index contributed by atoms with van der Waals surface area (Å²) in [5, 5.41) is 11.1. The van der Waals surface area contributed by atoms with Gasteiger partial charge in [0, 0.05) is 17.3 Å². The van der Waals surface area contributed by atoms with Gasteiger partial charge in [0.15, 0.2) is 0 Å². The second-order valence-corrected chi connectivity index (χ2v) is 3.80. The predicted molar refractivity (Wildman–Crippen MR) is 65.5 cm³/mol. The van der Waals surface area contributed by atoms with Gasteiger partial charge in [-0.1, -0.05) is 6.07 Å². The standard InChI is InChI=1S/C14H8F2N2O/c15-11-5-12(16)7-13(6-11)18-14(19)10-3-1-2-9(4-10)8-17/h1-7H,(H,18,19). The first-order valence-electron chi connectivity index (χ1n) is 5.36. The van der Waals surface area contributed by atoms with Crippen LogP contribution in [0.2, 0.25) is 0 Å². The number of nitriles is 1. The van der Waals surface area contributed by atoms with E-state index in [0.717, 1.165) is 12.1 Å². The number of anilines is 1. The highest BCUT2D eigenvalue weighted by Crippen LogP contribution is 2.14. The third-order valence-corrected chi connectivity index (χ3v) is 2.37. The Morgan fingerprint density at radius 1 is 1.11 bits per heavy atom. The lowest BCUT2D eigenvalue weighted by molar-refractivity contribution is 0.102. The Balaban J connectivity index is 2.23. The summed E-state index contributed by atoms with van der Waals surface area (Å²) < 4.78 is 25.9. The van der Waals surface area contributed by atoms with Crippen molar-refractivity contribution in [2.24, 2.45) is 0 Å². The van der Waals surface area contributed by atoms with Crippen molar-refractivity contribution in [3.63, 3.8) is 0 Å². The van der Waals surface area contributed by atoms with E-state index in [1.54, 1.807) is 12.1 Å². The van der Waals surface area contributed by atoms with E-state index < -0.39 is 17.5 Å². The van der Waals surface area contributed by atoms with E-state index in [1.807, 2.05) is 6.07 Å². The smallest absolute Gasteiger partial charge is 0.255 e. The quantitative estimate of drug-likeness (QED) is 0.899. The molecule has 2 aromatic carbocycles. The van der Waals surface area contributed by atoms with Gasteiger partial charge in [-0.15, -0.1) is 0 Å². The van der Waals surface area contributed by atoms with E-state index in [4.69, 9.17) is 5.26 Å². The number of nitrogens with zero attached hydrogens (tertiary/aromatic N) is 1. The van der Waals surface area contributed by atoms with Gasteiger partial charge in [-0.25, -0.2) is 8.78 Å². The summed E-state index contributed by atoms with van der Waals surface area (Å²) in [5.41, 5.74) is 0.589. The van der Waals surface area contributed by atoms with Crippen LogP contribution < -0.4 is 5.32 Å². The van der Waals surface area contributed by atoms with Crippen LogP contribution >= 0.6 is 0 Å². The maximum atomic E-state index is 13.0. The van der Waals surface area contributed by atoms with Gasteiger partial charge in [-0.05, 0) is 30.3 Å². The lowest BCUT2D eigenvalue weighted by Gasteiger charge is -2.05. The highest BCUT2D eigenvalue weighted by molar-refractivity contribution is 6.04. The number of halogens is 2. The molecule has 0 aromatic heterocycles. The number of amides is 1. The third kappa shape index (κ3) is 3.13. The van der Waals surface area contributed by atoms with Crippen LogP contribution in [0, 0.1) is 23.0 Å². The zero-order chi connectivity index (χ0) is 13.8. The normalized spacial score (nSPS) is 9.74. The lowest BCUT2D eigenvalue weighted by atomic mass is 10.1. The molecule has 0 bridgehead atoms. The van der Waals surface area contributed by atoms with Crippen molar-refractivity contribution in [1.82, 2.24) is 0 Å². The van der Waals surface area contributed by atoms with Crippen molar-refractivity contribution in [3.05, 3.63) is 65.2 Å². The maximum Gasteiger partial charge on any atom is 0.255 e. The fourth-order valence-electron chi connectivity index (χ4n) is 1.56. The molecule has 0 heterocycles. The second-order valence-electron chi connectivity index (χ2n) is 3.80. The fraction of sp³-hybridized carbons (Fsp3) is 0. The number of carbonyl (C=O) groups is 1. The second kappa shape index (κ2) is 5.27. The van der Waals surface area contributed by atoms with E-state index in [-0.39, 0.29) is 11.3 Å². The summed E-state index contributed by atoms with van der Waals surface area (Å²) in [5.74, 6) is -2.09. The highest BCUT2D eigenvalue weighted by Gasteiger charge is 2.08. The van der Waals surface area contributed by atoms with Crippen molar-refractivity contribution >= 4 is 11.6 Å². The van der Waals surface area contributed by atoms with Crippen LogP contribution in [0.1, 0.15) is 15.9 Å². The summed E-state index contributed by atoms with van der Waals surface area (Å²) >= 11 is 0. The monoisotopic (exact) mass is 258 g/mol. The first kappa shape index (κ1) is 12.7. The molecule has 0 spiro atoms.